The van der Waals surface area contributed by atoms with Gasteiger partial charge in [0.05, 0.1) is 24.0 Å². The van der Waals surface area contributed by atoms with Gasteiger partial charge in [0.1, 0.15) is 17.6 Å². The third kappa shape index (κ3) is 1.85. The molecule has 1 aromatic rings. The molecule has 1 aliphatic heterocycles. The van der Waals surface area contributed by atoms with E-state index in [1.54, 1.807) is 18.4 Å². The second kappa shape index (κ2) is 3.96. The van der Waals surface area contributed by atoms with Crippen molar-refractivity contribution in [3.8, 4) is 0 Å². The second-order valence-electron chi connectivity index (χ2n) is 5.18. The van der Waals surface area contributed by atoms with Gasteiger partial charge >= 0.3 is 0 Å². The number of fused-ring (bicyclic) bond motifs is 1. The molecule has 1 N–H and O–H groups in total. The molecule has 0 unspecified atom stereocenters. The van der Waals surface area contributed by atoms with Gasteiger partial charge in [-0.2, -0.15) is 0 Å². The van der Waals surface area contributed by atoms with Gasteiger partial charge in [-0.25, -0.2) is 0 Å². The highest BCUT2D eigenvalue weighted by atomic mass is 16.5. The molecule has 0 aromatic carbocycles. The van der Waals surface area contributed by atoms with E-state index in [4.69, 9.17) is 9.15 Å². The highest BCUT2D eigenvalue weighted by molar-refractivity contribution is 6.19. The van der Waals surface area contributed by atoms with Crippen molar-refractivity contribution < 1.29 is 19.1 Å². The highest BCUT2D eigenvalue weighted by Crippen LogP contribution is 2.41. The largest absolute Gasteiger partial charge is 0.482 e. The predicted molar refractivity (Wildman–Crippen MR) is 69.1 cm³/mol. The number of carbonyl (C=O) groups excluding carboxylic acids is 1. The van der Waals surface area contributed by atoms with Crippen molar-refractivity contribution in [1.82, 2.24) is 0 Å². The average molecular weight is 258 g/mol. The summed E-state index contributed by atoms with van der Waals surface area (Å²) in [6.45, 7) is 3.58. The molecule has 3 rings (SSSR count). The normalized spacial score (nSPS) is 20.9. The van der Waals surface area contributed by atoms with Crippen LogP contribution in [0.3, 0.4) is 0 Å². The molecule has 4 heteroatoms. The molecule has 0 atom stereocenters. The average Bonchev–Trinajstić information content (AvgIpc) is 2.95. The molecule has 0 fully saturated rings. The fourth-order valence-electron chi connectivity index (χ4n) is 2.40. The van der Waals surface area contributed by atoms with Crippen LogP contribution in [0.25, 0.3) is 5.76 Å². The first kappa shape index (κ1) is 12.0. The van der Waals surface area contributed by atoms with E-state index in [0.717, 1.165) is 11.1 Å². The van der Waals surface area contributed by atoms with Gasteiger partial charge < -0.3 is 14.3 Å². The van der Waals surface area contributed by atoms with Crippen molar-refractivity contribution >= 4 is 11.5 Å². The Morgan fingerprint density at radius 3 is 2.79 bits per heavy atom. The maximum atomic E-state index is 12.2. The summed E-state index contributed by atoms with van der Waals surface area (Å²) in [4.78, 5) is 12.2. The number of Topliss-reactive ketones (excluding diaryl/α,β-unsaturated/α-hetero) is 1. The van der Waals surface area contributed by atoms with Crippen molar-refractivity contribution in [3.05, 3.63) is 53.0 Å². The SMILES string of the molecule is CC1(C)C=C2C=C(CO)C(=O)C2=C(c2ccoc2)O1. The molecule has 1 aromatic heterocycles. The zero-order valence-corrected chi connectivity index (χ0v) is 10.8. The van der Waals surface area contributed by atoms with Gasteiger partial charge in [-0.15, -0.1) is 0 Å². The second-order valence-corrected chi connectivity index (χ2v) is 5.18. The Labute approximate surface area is 110 Å². The van der Waals surface area contributed by atoms with E-state index in [1.165, 1.54) is 6.26 Å². The van der Waals surface area contributed by atoms with Crippen LogP contribution in [0.2, 0.25) is 0 Å². The van der Waals surface area contributed by atoms with Crippen LogP contribution in [0.5, 0.6) is 0 Å². The number of furan rings is 1. The molecule has 0 spiro atoms. The van der Waals surface area contributed by atoms with Crippen molar-refractivity contribution in [2.24, 2.45) is 0 Å². The summed E-state index contributed by atoms with van der Waals surface area (Å²) in [6.07, 6.45) is 6.71. The minimum atomic E-state index is -0.507. The van der Waals surface area contributed by atoms with E-state index in [0.29, 0.717) is 16.9 Å². The van der Waals surface area contributed by atoms with Crippen LogP contribution in [0, 0.1) is 0 Å². The fourth-order valence-corrected chi connectivity index (χ4v) is 2.40. The van der Waals surface area contributed by atoms with E-state index < -0.39 is 5.60 Å². The van der Waals surface area contributed by atoms with E-state index in [-0.39, 0.29) is 12.4 Å². The standard InChI is InChI=1S/C15H14O4/c1-15(2)6-10-5-11(7-16)13(17)12(10)14(19-15)9-3-4-18-8-9/h3-6,8,16H,7H2,1-2H3. The molecule has 1 aliphatic carbocycles. The zero-order valence-electron chi connectivity index (χ0n) is 10.8. The molecular weight excluding hydrogens is 244 g/mol. The third-order valence-electron chi connectivity index (χ3n) is 3.19. The van der Waals surface area contributed by atoms with Crippen molar-refractivity contribution in [3.63, 3.8) is 0 Å². The minimum absolute atomic E-state index is 0.180. The Morgan fingerprint density at radius 1 is 1.37 bits per heavy atom. The van der Waals surface area contributed by atoms with E-state index in [2.05, 4.69) is 0 Å². The zero-order chi connectivity index (χ0) is 13.6. The van der Waals surface area contributed by atoms with Crippen LogP contribution >= 0.6 is 0 Å². The summed E-state index contributed by atoms with van der Waals surface area (Å²) in [5, 5.41) is 9.23. The topological polar surface area (TPSA) is 59.7 Å². The van der Waals surface area contributed by atoms with Crippen LogP contribution < -0.4 is 0 Å². The summed E-state index contributed by atoms with van der Waals surface area (Å²) >= 11 is 0. The lowest BCUT2D eigenvalue weighted by molar-refractivity contribution is -0.112. The Hall–Kier alpha value is -2.07. The fraction of sp³-hybridized carbons (Fsp3) is 0.267. The first-order valence-electron chi connectivity index (χ1n) is 6.07. The monoisotopic (exact) mass is 258 g/mol. The van der Waals surface area contributed by atoms with Gasteiger partial charge in [0, 0.05) is 5.57 Å². The Morgan fingerprint density at radius 2 is 2.16 bits per heavy atom. The Bertz CT molecular complexity index is 627. The van der Waals surface area contributed by atoms with E-state index >= 15 is 0 Å². The van der Waals surface area contributed by atoms with E-state index in [1.807, 2.05) is 19.9 Å². The van der Waals surface area contributed by atoms with Crippen molar-refractivity contribution in [1.29, 1.82) is 0 Å². The Balaban J connectivity index is 2.20. The van der Waals surface area contributed by atoms with E-state index in [9.17, 15) is 9.90 Å². The smallest absolute Gasteiger partial charge is 0.195 e. The number of hydrogen-bond acceptors (Lipinski definition) is 4. The third-order valence-corrected chi connectivity index (χ3v) is 3.19. The predicted octanol–water partition coefficient (Wildman–Crippen LogP) is 2.23. The maximum absolute atomic E-state index is 12.2. The molecular formula is C15H14O4. The van der Waals surface area contributed by atoms with Gasteiger partial charge in [0.15, 0.2) is 5.78 Å². The molecule has 2 aliphatic rings. The number of rotatable bonds is 2. The lowest BCUT2D eigenvalue weighted by Crippen LogP contribution is -2.26. The molecule has 98 valence electrons. The number of aliphatic hydroxyl groups is 1. The molecule has 4 nitrogen and oxygen atoms in total. The maximum Gasteiger partial charge on any atom is 0.195 e. The summed E-state index contributed by atoms with van der Waals surface area (Å²) in [5.41, 5.74) is 1.93. The molecule has 0 amide bonds. The summed E-state index contributed by atoms with van der Waals surface area (Å²) < 4.78 is 11.0. The summed E-state index contributed by atoms with van der Waals surface area (Å²) in [5.74, 6) is 0.335. The summed E-state index contributed by atoms with van der Waals surface area (Å²) in [7, 11) is 0. The lowest BCUT2D eigenvalue weighted by Gasteiger charge is -2.30. The van der Waals surface area contributed by atoms with Crippen LogP contribution in [-0.2, 0) is 9.53 Å². The van der Waals surface area contributed by atoms with Crippen molar-refractivity contribution in [2.75, 3.05) is 6.61 Å². The Kier molecular flexibility index (Phi) is 2.50. The van der Waals surface area contributed by atoms with Crippen LogP contribution in [-0.4, -0.2) is 23.1 Å². The quantitative estimate of drug-likeness (QED) is 0.883. The molecule has 19 heavy (non-hydrogen) atoms. The van der Waals surface area contributed by atoms with Crippen LogP contribution in [0.1, 0.15) is 19.4 Å². The van der Waals surface area contributed by atoms with Gasteiger partial charge in [-0.1, -0.05) is 0 Å². The van der Waals surface area contributed by atoms with Crippen LogP contribution in [0.15, 0.2) is 51.9 Å². The molecule has 0 bridgehead atoms. The van der Waals surface area contributed by atoms with Gasteiger partial charge in [0.25, 0.3) is 0 Å². The summed E-state index contributed by atoms with van der Waals surface area (Å²) in [6, 6.07) is 1.76. The number of allylic oxidation sites excluding steroid dienone is 3. The van der Waals surface area contributed by atoms with Gasteiger partial charge in [-0.05, 0) is 37.6 Å². The number of aliphatic hydroxyl groups excluding tert-OH is 1. The first-order valence-corrected chi connectivity index (χ1v) is 6.07. The van der Waals surface area contributed by atoms with Gasteiger partial charge in [-0.3, -0.25) is 4.79 Å². The lowest BCUT2D eigenvalue weighted by atomic mass is 9.94. The molecule has 2 heterocycles. The number of carbonyl (C=O) groups is 1. The number of ether oxygens (including phenoxy) is 1. The number of hydrogen-bond donors (Lipinski definition) is 1. The molecule has 0 radical (unpaired) electrons. The number of ketones is 1. The van der Waals surface area contributed by atoms with Crippen molar-refractivity contribution in [2.45, 2.75) is 19.4 Å². The first-order chi connectivity index (χ1) is 9.02. The highest BCUT2D eigenvalue weighted by Gasteiger charge is 2.36. The molecule has 0 saturated heterocycles. The molecule has 0 saturated carbocycles. The van der Waals surface area contributed by atoms with Gasteiger partial charge in [0.2, 0.25) is 0 Å². The minimum Gasteiger partial charge on any atom is -0.482 e. The van der Waals surface area contributed by atoms with Crippen LogP contribution in [0.4, 0.5) is 0 Å².